The average Bonchev–Trinajstić information content (AvgIpc) is 2.77. The standard InChI is InChI=1S/C13H15N3O/c1-2-6-15-7-8-16-13(15)11(9-17)12(14-16)10-4-3-5-10/h1,7-8,10,17H,3-6,9H2. The van der Waals surface area contributed by atoms with E-state index in [1.807, 2.05) is 21.5 Å². The molecule has 1 aliphatic carbocycles. The molecule has 3 rings (SSSR count). The lowest BCUT2D eigenvalue weighted by Gasteiger charge is -2.24. The lowest BCUT2D eigenvalue weighted by molar-refractivity contribution is 0.278. The number of fused-ring (bicyclic) bond motifs is 1. The van der Waals surface area contributed by atoms with E-state index in [-0.39, 0.29) is 6.61 Å². The van der Waals surface area contributed by atoms with Crippen LogP contribution < -0.4 is 0 Å². The monoisotopic (exact) mass is 229 g/mol. The summed E-state index contributed by atoms with van der Waals surface area (Å²) in [5.74, 6) is 3.14. The van der Waals surface area contributed by atoms with E-state index < -0.39 is 0 Å². The van der Waals surface area contributed by atoms with Crippen LogP contribution in [0.15, 0.2) is 12.4 Å². The first-order chi connectivity index (χ1) is 8.35. The second-order valence-corrected chi connectivity index (χ2v) is 4.55. The zero-order chi connectivity index (χ0) is 11.8. The number of aliphatic hydroxyl groups excluding tert-OH is 1. The van der Waals surface area contributed by atoms with Crippen LogP contribution in [-0.4, -0.2) is 19.3 Å². The molecule has 0 spiro atoms. The van der Waals surface area contributed by atoms with Crippen LogP contribution in [0.4, 0.5) is 0 Å². The van der Waals surface area contributed by atoms with Crippen LogP contribution in [0, 0.1) is 12.3 Å². The van der Waals surface area contributed by atoms with Crippen molar-refractivity contribution in [3.8, 4) is 12.3 Å². The molecule has 2 aromatic heterocycles. The molecule has 0 amide bonds. The van der Waals surface area contributed by atoms with Gasteiger partial charge in [-0.2, -0.15) is 5.10 Å². The van der Waals surface area contributed by atoms with E-state index in [2.05, 4.69) is 11.0 Å². The van der Waals surface area contributed by atoms with Gasteiger partial charge in [0.2, 0.25) is 0 Å². The van der Waals surface area contributed by atoms with Crippen molar-refractivity contribution in [1.29, 1.82) is 0 Å². The predicted octanol–water partition coefficient (Wildman–Crippen LogP) is 1.53. The third kappa shape index (κ3) is 1.47. The molecule has 0 saturated heterocycles. The fraction of sp³-hybridized carbons (Fsp3) is 0.462. The zero-order valence-corrected chi connectivity index (χ0v) is 9.63. The van der Waals surface area contributed by atoms with Crippen molar-refractivity contribution in [1.82, 2.24) is 14.2 Å². The maximum Gasteiger partial charge on any atom is 0.142 e. The first-order valence-electron chi connectivity index (χ1n) is 5.95. The molecule has 0 bridgehead atoms. The number of hydrogen-bond acceptors (Lipinski definition) is 2. The molecule has 1 N–H and O–H groups in total. The summed E-state index contributed by atoms with van der Waals surface area (Å²) < 4.78 is 3.79. The van der Waals surface area contributed by atoms with Crippen molar-refractivity contribution in [2.24, 2.45) is 0 Å². The molecular weight excluding hydrogens is 214 g/mol. The first kappa shape index (κ1) is 10.4. The highest BCUT2D eigenvalue weighted by Gasteiger charge is 2.27. The van der Waals surface area contributed by atoms with Gasteiger partial charge in [0.1, 0.15) is 5.65 Å². The van der Waals surface area contributed by atoms with Gasteiger partial charge >= 0.3 is 0 Å². The molecule has 0 unspecified atom stereocenters. The van der Waals surface area contributed by atoms with Gasteiger partial charge in [0.05, 0.1) is 18.8 Å². The van der Waals surface area contributed by atoms with Crippen LogP contribution >= 0.6 is 0 Å². The minimum atomic E-state index is 0.0317. The van der Waals surface area contributed by atoms with Crippen molar-refractivity contribution >= 4 is 5.65 Å². The molecule has 0 aliphatic heterocycles. The third-order valence-corrected chi connectivity index (χ3v) is 3.58. The number of hydrogen-bond donors (Lipinski definition) is 1. The summed E-state index contributed by atoms with van der Waals surface area (Å²) in [5.41, 5.74) is 2.93. The predicted molar refractivity (Wildman–Crippen MR) is 64.5 cm³/mol. The highest BCUT2D eigenvalue weighted by molar-refractivity contribution is 5.53. The SMILES string of the molecule is C#CCn1ccn2nc(C3CCC3)c(CO)c12. The maximum absolute atomic E-state index is 9.57. The first-order valence-corrected chi connectivity index (χ1v) is 5.95. The topological polar surface area (TPSA) is 42.5 Å². The van der Waals surface area contributed by atoms with Gasteiger partial charge in [-0.25, -0.2) is 4.52 Å². The molecule has 2 aromatic rings. The van der Waals surface area contributed by atoms with Crippen molar-refractivity contribution in [2.45, 2.75) is 38.3 Å². The van der Waals surface area contributed by atoms with Crippen LogP contribution in [0.2, 0.25) is 0 Å². The number of aromatic nitrogens is 3. The Balaban J connectivity index is 2.15. The van der Waals surface area contributed by atoms with E-state index in [1.165, 1.54) is 19.3 Å². The van der Waals surface area contributed by atoms with Crippen molar-refractivity contribution in [3.05, 3.63) is 23.7 Å². The van der Waals surface area contributed by atoms with Gasteiger partial charge < -0.3 is 9.67 Å². The van der Waals surface area contributed by atoms with Crippen molar-refractivity contribution in [3.63, 3.8) is 0 Å². The fourth-order valence-electron chi connectivity index (χ4n) is 2.49. The molecule has 88 valence electrons. The lowest BCUT2D eigenvalue weighted by Crippen LogP contribution is -2.11. The number of nitrogens with zero attached hydrogens (tertiary/aromatic N) is 3. The summed E-state index contributed by atoms with van der Waals surface area (Å²) in [6.45, 7) is 0.545. The van der Waals surface area contributed by atoms with E-state index in [0.29, 0.717) is 12.5 Å². The van der Waals surface area contributed by atoms with Crippen LogP contribution in [0.25, 0.3) is 5.65 Å². The summed E-state index contributed by atoms with van der Waals surface area (Å²) >= 11 is 0. The molecule has 1 saturated carbocycles. The lowest BCUT2D eigenvalue weighted by atomic mass is 9.81. The van der Waals surface area contributed by atoms with E-state index in [0.717, 1.165) is 16.9 Å². The molecule has 4 nitrogen and oxygen atoms in total. The molecule has 1 fully saturated rings. The average molecular weight is 229 g/mol. The number of rotatable bonds is 3. The fourth-order valence-corrected chi connectivity index (χ4v) is 2.49. The van der Waals surface area contributed by atoms with E-state index in [9.17, 15) is 5.11 Å². The Morgan fingerprint density at radius 1 is 1.47 bits per heavy atom. The second kappa shape index (κ2) is 3.94. The minimum absolute atomic E-state index is 0.0317. The van der Waals surface area contributed by atoms with Crippen molar-refractivity contribution < 1.29 is 5.11 Å². The van der Waals surface area contributed by atoms with Gasteiger partial charge in [0.25, 0.3) is 0 Å². The summed E-state index contributed by atoms with van der Waals surface area (Å²) in [6, 6.07) is 0. The molecule has 17 heavy (non-hydrogen) atoms. The number of imidazole rings is 1. The molecule has 0 radical (unpaired) electrons. The normalized spacial score (nSPS) is 16.0. The Morgan fingerprint density at radius 3 is 2.88 bits per heavy atom. The Kier molecular flexibility index (Phi) is 2.41. The van der Waals surface area contributed by atoms with Gasteiger partial charge in [-0.1, -0.05) is 12.3 Å². The van der Waals surface area contributed by atoms with Gasteiger partial charge in [0.15, 0.2) is 0 Å². The minimum Gasteiger partial charge on any atom is -0.391 e. The highest BCUT2D eigenvalue weighted by atomic mass is 16.3. The van der Waals surface area contributed by atoms with Crippen LogP contribution in [0.3, 0.4) is 0 Å². The number of aliphatic hydroxyl groups is 1. The molecule has 1 aliphatic rings. The molecule has 0 aromatic carbocycles. The molecule has 0 atom stereocenters. The van der Waals surface area contributed by atoms with Gasteiger partial charge in [-0.3, -0.25) is 0 Å². The molecular formula is C13H15N3O. The largest absolute Gasteiger partial charge is 0.391 e. The quantitative estimate of drug-likeness (QED) is 0.811. The van der Waals surface area contributed by atoms with Gasteiger partial charge in [0, 0.05) is 23.9 Å². The van der Waals surface area contributed by atoms with Gasteiger partial charge in [-0.15, -0.1) is 6.42 Å². The summed E-state index contributed by atoms with van der Waals surface area (Å²) in [7, 11) is 0. The smallest absolute Gasteiger partial charge is 0.142 e. The van der Waals surface area contributed by atoms with Crippen LogP contribution in [0.5, 0.6) is 0 Å². The Bertz CT molecular complexity index is 584. The van der Waals surface area contributed by atoms with E-state index in [1.54, 1.807) is 0 Å². The maximum atomic E-state index is 9.57. The second-order valence-electron chi connectivity index (χ2n) is 4.55. The Morgan fingerprint density at radius 2 is 2.29 bits per heavy atom. The third-order valence-electron chi connectivity index (χ3n) is 3.58. The highest BCUT2D eigenvalue weighted by Crippen LogP contribution is 2.38. The molecule has 4 heteroatoms. The van der Waals surface area contributed by atoms with Gasteiger partial charge in [-0.05, 0) is 12.8 Å². The van der Waals surface area contributed by atoms with Crippen LogP contribution in [-0.2, 0) is 13.2 Å². The number of terminal acetylenes is 1. The Hall–Kier alpha value is -1.73. The van der Waals surface area contributed by atoms with Crippen molar-refractivity contribution in [2.75, 3.05) is 0 Å². The van der Waals surface area contributed by atoms with E-state index >= 15 is 0 Å². The van der Waals surface area contributed by atoms with E-state index in [4.69, 9.17) is 6.42 Å². The summed E-state index contributed by atoms with van der Waals surface area (Å²) in [5, 5.41) is 14.1. The molecule has 2 heterocycles. The van der Waals surface area contributed by atoms with Crippen LogP contribution in [0.1, 0.15) is 36.4 Å². The zero-order valence-electron chi connectivity index (χ0n) is 9.63. The summed E-state index contributed by atoms with van der Waals surface area (Å²) in [4.78, 5) is 0. The Labute approximate surface area is 99.9 Å². The summed E-state index contributed by atoms with van der Waals surface area (Å²) in [6.07, 6.45) is 12.8.